The van der Waals surface area contributed by atoms with Crippen LogP contribution in [0.1, 0.15) is 117 Å². The van der Waals surface area contributed by atoms with Crippen molar-refractivity contribution in [3.05, 3.63) is 0 Å². The lowest BCUT2D eigenvalue weighted by atomic mass is 9.86. The van der Waals surface area contributed by atoms with Crippen molar-refractivity contribution in [2.45, 2.75) is 135 Å². The molecule has 1 rings (SSSR count). The first-order valence-corrected chi connectivity index (χ1v) is 13.8. The maximum Gasteiger partial charge on any atom is 0.330 e. The van der Waals surface area contributed by atoms with Crippen LogP contribution in [0.5, 0.6) is 0 Å². The molecule has 35 heavy (non-hydrogen) atoms. The molecule has 1 fully saturated rings. The molecule has 0 spiro atoms. The number of nitrogens with one attached hydrogen (secondary N) is 2. The third kappa shape index (κ3) is 13.5. The third-order valence-electron chi connectivity index (χ3n) is 6.75. The first-order chi connectivity index (χ1) is 17.1. The molecule has 1 saturated heterocycles. The van der Waals surface area contributed by atoms with Crippen LogP contribution in [0.2, 0.25) is 0 Å². The van der Waals surface area contributed by atoms with E-state index in [9.17, 15) is 19.2 Å². The molecule has 0 aromatic rings. The van der Waals surface area contributed by atoms with Crippen molar-refractivity contribution >= 4 is 24.8 Å². The Morgan fingerprint density at radius 2 is 1.51 bits per heavy atom. The highest BCUT2D eigenvalue weighted by Gasteiger charge is 2.43. The van der Waals surface area contributed by atoms with Gasteiger partial charge in [0.25, 0.3) is 0 Å². The molecule has 0 aromatic carbocycles. The highest BCUT2D eigenvalue weighted by atomic mass is 16.6. The number of ether oxygens (including phenoxy) is 2. The van der Waals surface area contributed by atoms with Crippen LogP contribution < -0.4 is 10.6 Å². The van der Waals surface area contributed by atoms with Gasteiger partial charge in [-0.3, -0.25) is 14.4 Å². The Labute approximate surface area is 211 Å². The molecule has 0 saturated carbocycles. The SMILES string of the molecule is CCCCCCCCCCC[C@@H](C[C@@H]1OC(=O)[C@H]1CCCCCC)OC(=O)[C@H](CNC=O)NC=O. The van der Waals surface area contributed by atoms with Crippen molar-refractivity contribution < 1.29 is 28.7 Å². The predicted molar refractivity (Wildman–Crippen MR) is 136 cm³/mol. The van der Waals surface area contributed by atoms with Crippen LogP contribution in [0.15, 0.2) is 0 Å². The van der Waals surface area contributed by atoms with Crippen LogP contribution in [0.4, 0.5) is 0 Å². The molecule has 1 aliphatic heterocycles. The minimum Gasteiger partial charge on any atom is -0.461 e. The molecular weight excluding hydrogens is 448 g/mol. The zero-order valence-electron chi connectivity index (χ0n) is 21.9. The summed E-state index contributed by atoms with van der Waals surface area (Å²) in [4.78, 5) is 46.2. The molecule has 1 aliphatic rings. The fourth-order valence-electron chi connectivity index (χ4n) is 4.58. The molecule has 0 unspecified atom stereocenters. The van der Waals surface area contributed by atoms with Gasteiger partial charge in [0.1, 0.15) is 18.2 Å². The first kappa shape index (κ1) is 30.9. The van der Waals surface area contributed by atoms with E-state index in [0.717, 1.165) is 51.4 Å². The number of hydrogen-bond acceptors (Lipinski definition) is 6. The third-order valence-corrected chi connectivity index (χ3v) is 6.75. The number of carbonyl (C=O) groups is 4. The van der Waals surface area contributed by atoms with Crippen molar-refractivity contribution in [3.8, 4) is 0 Å². The molecule has 1 heterocycles. The second kappa shape index (κ2) is 20.1. The average Bonchev–Trinajstić information content (AvgIpc) is 2.84. The molecule has 2 amide bonds. The Balaban J connectivity index is 2.57. The normalized spacial score (nSPS) is 18.6. The lowest BCUT2D eigenvalue weighted by Crippen LogP contribution is -2.49. The minimum atomic E-state index is -0.947. The van der Waals surface area contributed by atoms with Crippen LogP contribution in [0.3, 0.4) is 0 Å². The van der Waals surface area contributed by atoms with Crippen molar-refractivity contribution in [3.63, 3.8) is 0 Å². The van der Waals surface area contributed by atoms with Gasteiger partial charge in [0.05, 0.1) is 5.92 Å². The smallest absolute Gasteiger partial charge is 0.330 e. The average molecular weight is 497 g/mol. The fraction of sp³-hybridized carbons (Fsp3) is 0.852. The number of cyclic esters (lactones) is 1. The second-order valence-electron chi connectivity index (χ2n) is 9.71. The van der Waals surface area contributed by atoms with E-state index < -0.39 is 18.1 Å². The second-order valence-corrected chi connectivity index (χ2v) is 9.71. The molecule has 0 bridgehead atoms. The Morgan fingerprint density at radius 3 is 2.09 bits per heavy atom. The maximum atomic E-state index is 12.7. The highest BCUT2D eigenvalue weighted by Crippen LogP contribution is 2.32. The van der Waals surface area contributed by atoms with E-state index in [1.54, 1.807) is 0 Å². The van der Waals surface area contributed by atoms with Gasteiger partial charge in [0.15, 0.2) is 0 Å². The summed E-state index contributed by atoms with van der Waals surface area (Å²) in [5, 5.41) is 4.81. The van der Waals surface area contributed by atoms with Crippen molar-refractivity contribution in [1.29, 1.82) is 0 Å². The number of hydrogen-bond donors (Lipinski definition) is 2. The summed E-state index contributed by atoms with van der Waals surface area (Å²) in [6, 6.07) is -0.947. The maximum absolute atomic E-state index is 12.7. The monoisotopic (exact) mass is 496 g/mol. The summed E-state index contributed by atoms with van der Waals surface area (Å²) in [5.74, 6) is -0.871. The van der Waals surface area contributed by atoms with Gasteiger partial charge in [-0.05, 0) is 19.3 Å². The van der Waals surface area contributed by atoms with E-state index in [4.69, 9.17) is 9.47 Å². The van der Waals surface area contributed by atoms with E-state index >= 15 is 0 Å². The van der Waals surface area contributed by atoms with E-state index in [2.05, 4.69) is 24.5 Å². The number of carbonyl (C=O) groups excluding carboxylic acids is 4. The zero-order valence-corrected chi connectivity index (χ0v) is 21.9. The summed E-state index contributed by atoms with van der Waals surface area (Å²) in [6.45, 7) is 4.34. The van der Waals surface area contributed by atoms with Crippen LogP contribution in [-0.4, -0.2) is 49.6 Å². The van der Waals surface area contributed by atoms with Gasteiger partial charge in [-0.15, -0.1) is 0 Å². The standard InChI is InChI=1S/C27H48N2O6/c1-3-5-7-9-10-11-12-13-14-16-22(34-27(33)24(29-21-31)19-28-20-30)18-25-23(26(32)35-25)17-15-8-6-4-2/h20-25H,3-19H2,1-2H3,(H,28,30)(H,29,31)/t22-,23-,24-,25-/m0/s1. The molecule has 202 valence electrons. The van der Waals surface area contributed by atoms with Gasteiger partial charge >= 0.3 is 11.9 Å². The quantitative estimate of drug-likeness (QED) is 0.115. The predicted octanol–water partition coefficient (Wildman–Crippen LogP) is 4.58. The molecule has 2 N–H and O–H groups in total. The van der Waals surface area contributed by atoms with Gasteiger partial charge in [-0.25, -0.2) is 4.79 Å². The fourth-order valence-corrected chi connectivity index (χ4v) is 4.58. The summed E-state index contributed by atoms with van der Waals surface area (Å²) < 4.78 is 11.2. The molecular formula is C27H48N2O6. The molecule has 8 nitrogen and oxygen atoms in total. The molecule has 0 aliphatic carbocycles. The van der Waals surface area contributed by atoms with Crippen molar-refractivity contribution in [2.75, 3.05) is 6.54 Å². The number of esters is 2. The number of unbranched alkanes of at least 4 members (excludes halogenated alkanes) is 11. The van der Waals surface area contributed by atoms with Gasteiger partial charge < -0.3 is 20.1 Å². The van der Waals surface area contributed by atoms with E-state index in [-0.39, 0.29) is 24.5 Å². The minimum absolute atomic E-state index is 0.0374. The summed E-state index contributed by atoms with van der Waals surface area (Å²) in [7, 11) is 0. The molecule has 8 heteroatoms. The summed E-state index contributed by atoms with van der Waals surface area (Å²) in [5.41, 5.74) is 0. The van der Waals surface area contributed by atoms with E-state index in [1.807, 2.05) is 0 Å². The van der Waals surface area contributed by atoms with Crippen LogP contribution >= 0.6 is 0 Å². The van der Waals surface area contributed by atoms with Crippen molar-refractivity contribution in [1.82, 2.24) is 10.6 Å². The van der Waals surface area contributed by atoms with Gasteiger partial charge in [-0.1, -0.05) is 90.9 Å². The Kier molecular flexibility index (Phi) is 17.8. The van der Waals surface area contributed by atoms with Crippen LogP contribution in [0.25, 0.3) is 0 Å². The lowest BCUT2D eigenvalue weighted by molar-refractivity contribution is -0.190. The molecule has 0 aromatic heterocycles. The largest absolute Gasteiger partial charge is 0.461 e. The zero-order chi connectivity index (χ0) is 25.7. The number of rotatable bonds is 24. The van der Waals surface area contributed by atoms with Crippen LogP contribution in [-0.2, 0) is 28.7 Å². The topological polar surface area (TPSA) is 111 Å². The Morgan fingerprint density at radius 1 is 0.914 bits per heavy atom. The molecule has 0 radical (unpaired) electrons. The summed E-state index contributed by atoms with van der Waals surface area (Å²) in [6.07, 6.45) is 17.4. The van der Waals surface area contributed by atoms with Crippen LogP contribution in [0, 0.1) is 5.92 Å². The lowest BCUT2D eigenvalue weighted by Gasteiger charge is -2.37. The highest BCUT2D eigenvalue weighted by molar-refractivity contribution is 5.79. The van der Waals surface area contributed by atoms with Gasteiger partial charge in [-0.2, -0.15) is 0 Å². The summed E-state index contributed by atoms with van der Waals surface area (Å²) >= 11 is 0. The van der Waals surface area contributed by atoms with Gasteiger partial charge in [0.2, 0.25) is 12.8 Å². The van der Waals surface area contributed by atoms with E-state index in [0.29, 0.717) is 25.7 Å². The number of amides is 2. The van der Waals surface area contributed by atoms with E-state index in [1.165, 1.54) is 38.5 Å². The molecule has 4 atom stereocenters. The first-order valence-electron chi connectivity index (χ1n) is 13.8. The van der Waals surface area contributed by atoms with Gasteiger partial charge in [0, 0.05) is 13.0 Å². The van der Waals surface area contributed by atoms with Crippen molar-refractivity contribution in [2.24, 2.45) is 5.92 Å². The Hall–Kier alpha value is -2.12. The Bertz CT molecular complexity index is 600.